The number of likely N-dealkylation sites (tertiary alicyclic amines) is 1. The molecular formula is C26H37N3O5S. The molecule has 4 N–H and O–H groups in total. The van der Waals surface area contributed by atoms with Crippen LogP contribution in [0.25, 0.3) is 0 Å². The van der Waals surface area contributed by atoms with Gasteiger partial charge in [0.05, 0.1) is 31.3 Å². The predicted octanol–water partition coefficient (Wildman–Crippen LogP) is 2.36. The van der Waals surface area contributed by atoms with Gasteiger partial charge in [-0.1, -0.05) is 30.7 Å². The minimum atomic E-state index is -3.73. The van der Waals surface area contributed by atoms with E-state index in [-0.39, 0.29) is 29.8 Å². The molecule has 0 amide bonds. The number of hydrogen-bond donors (Lipinski definition) is 3. The van der Waals surface area contributed by atoms with Gasteiger partial charge in [-0.15, -0.1) is 0 Å². The van der Waals surface area contributed by atoms with Crippen molar-refractivity contribution in [1.82, 2.24) is 9.62 Å². The number of benzene rings is 2. The van der Waals surface area contributed by atoms with Gasteiger partial charge in [-0.3, -0.25) is 4.90 Å². The van der Waals surface area contributed by atoms with Gasteiger partial charge in [0.15, 0.2) is 0 Å². The molecule has 1 atom stereocenters. The fourth-order valence-electron chi connectivity index (χ4n) is 5.20. The SMILES string of the molecule is NCCOCCOCCNS(=O)(=O)c1ccc(O)c(C2CCCCN2C2Cc3ccccc3C2)c1. The highest BCUT2D eigenvalue weighted by Gasteiger charge is 2.35. The van der Waals surface area contributed by atoms with Crippen molar-refractivity contribution in [1.29, 1.82) is 0 Å². The number of phenols is 1. The molecule has 9 heteroatoms. The van der Waals surface area contributed by atoms with Crippen LogP contribution in [0.4, 0.5) is 0 Å². The molecule has 0 aromatic heterocycles. The number of nitrogens with zero attached hydrogens (tertiary/aromatic N) is 1. The second kappa shape index (κ2) is 12.3. The van der Waals surface area contributed by atoms with Crippen LogP contribution < -0.4 is 10.5 Å². The Labute approximate surface area is 208 Å². The van der Waals surface area contributed by atoms with Crippen molar-refractivity contribution in [3.63, 3.8) is 0 Å². The van der Waals surface area contributed by atoms with Gasteiger partial charge in [-0.2, -0.15) is 0 Å². The first-order chi connectivity index (χ1) is 17.0. The molecule has 1 fully saturated rings. The van der Waals surface area contributed by atoms with E-state index in [9.17, 15) is 13.5 Å². The topological polar surface area (TPSA) is 114 Å². The van der Waals surface area contributed by atoms with Crippen molar-refractivity contribution in [2.45, 2.75) is 49.1 Å². The Hall–Kier alpha value is -2.01. The lowest BCUT2D eigenvalue weighted by Crippen LogP contribution is -2.42. The third kappa shape index (κ3) is 6.61. The number of nitrogens with one attached hydrogen (secondary N) is 1. The Balaban J connectivity index is 1.41. The second-order valence-electron chi connectivity index (χ2n) is 9.21. The maximum absolute atomic E-state index is 12.9. The van der Waals surface area contributed by atoms with E-state index in [1.807, 2.05) is 0 Å². The van der Waals surface area contributed by atoms with Gasteiger partial charge < -0.3 is 20.3 Å². The van der Waals surface area contributed by atoms with Crippen molar-refractivity contribution in [2.24, 2.45) is 5.73 Å². The van der Waals surface area contributed by atoms with Crippen molar-refractivity contribution in [3.8, 4) is 5.75 Å². The average Bonchev–Trinajstić information content (AvgIpc) is 3.30. The maximum Gasteiger partial charge on any atom is 0.240 e. The summed E-state index contributed by atoms with van der Waals surface area (Å²) in [7, 11) is -3.73. The monoisotopic (exact) mass is 503 g/mol. The molecule has 1 unspecified atom stereocenters. The molecule has 2 aromatic rings. The minimum absolute atomic E-state index is 0.00457. The summed E-state index contributed by atoms with van der Waals surface area (Å²) in [6, 6.07) is 13.5. The molecule has 2 aliphatic rings. The van der Waals surface area contributed by atoms with E-state index < -0.39 is 10.0 Å². The molecule has 0 radical (unpaired) electrons. The first-order valence-corrected chi connectivity index (χ1v) is 14.0. The number of fused-ring (bicyclic) bond motifs is 1. The number of phenolic OH excluding ortho intramolecular Hbond substituents is 1. The summed E-state index contributed by atoms with van der Waals surface area (Å²) in [5.74, 6) is 0.150. The molecule has 1 aliphatic carbocycles. The quantitative estimate of drug-likeness (QED) is 0.381. The summed E-state index contributed by atoms with van der Waals surface area (Å²) in [6.07, 6.45) is 5.05. The Morgan fingerprint density at radius 1 is 1.00 bits per heavy atom. The van der Waals surface area contributed by atoms with Crippen LogP contribution in [0.15, 0.2) is 47.4 Å². The highest BCUT2D eigenvalue weighted by Crippen LogP contribution is 2.40. The number of sulfonamides is 1. The number of rotatable bonds is 12. The van der Waals surface area contributed by atoms with Crippen LogP contribution in [0.2, 0.25) is 0 Å². The molecule has 1 heterocycles. The first-order valence-electron chi connectivity index (χ1n) is 12.5. The lowest BCUT2D eigenvalue weighted by atomic mass is 9.92. The van der Waals surface area contributed by atoms with Crippen LogP contribution >= 0.6 is 0 Å². The van der Waals surface area contributed by atoms with Crippen molar-refractivity contribution < 1.29 is 23.0 Å². The normalized spacial score (nSPS) is 19.2. The molecule has 4 rings (SSSR count). The Morgan fingerprint density at radius 3 is 2.43 bits per heavy atom. The summed E-state index contributed by atoms with van der Waals surface area (Å²) < 4.78 is 39.1. The predicted molar refractivity (Wildman–Crippen MR) is 135 cm³/mol. The van der Waals surface area contributed by atoms with Crippen molar-refractivity contribution in [3.05, 3.63) is 59.2 Å². The molecular weight excluding hydrogens is 466 g/mol. The molecule has 8 nitrogen and oxygen atoms in total. The van der Waals surface area contributed by atoms with Gasteiger partial charge in [0.25, 0.3) is 0 Å². The average molecular weight is 504 g/mol. The van der Waals surface area contributed by atoms with E-state index in [4.69, 9.17) is 15.2 Å². The maximum atomic E-state index is 12.9. The number of nitrogens with two attached hydrogens (primary N) is 1. The van der Waals surface area contributed by atoms with Crippen molar-refractivity contribution >= 4 is 10.0 Å². The molecule has 1 saturated heterocycles. The zero-order chi connectivity index (χ0) is 24.7. The van der Waals surface area contributed by atoms with Crippen LogP contribution in [-0.4, -0.2) is 70.5 Å². The zero-order valence-electron chi connectivity index (χ0n) is 20.2. The van der Waals surface area contributed by atoms with E-state index >= 15 is 0 Å². The Bertz CT molecular complexity index is 1050. The van der Waals surface area contributed by atoms with Gasteiger partial charge in [0.2, 0.25) is 10.0 Å². The van der Waals surface area contributed by atoms with Crippen molar-refractivity contribution in [2.75, 3.05) is 46.1 Å². The Morgan fingerprint density at radius 2 is 1.71 bits per heavy atom. The van der Waals surface area contributed by atoms with Crippen LogP contribution in [0.3, 0.4) is 0 Å². The number of piperidine rings is 1. The first kappa shape index (κ1) is 26.1. The standard InChI is InChI=1S/C26H37N3O5S/c27-10-13-33-15-16-34-14-11-28-35(31,32)23-8-9-26(30)24(19-23)25-7-3-4-12-29(25)22-17-20-5-1-2-6-21(20)18-22/h1-2,5-6,8-9,19,22,25,28,30H,3-4,7,10-18,27H2. The number of ether oxygens (including phenoxy) is 2. The van der Waals surface area contributed by atoms with E-state index in [1.165, 1.54) is 23.3 Å². The van der Waals surface area contributed by atoms with E-state index in [0.717, 1.165) is 38.6 Å². The number of aromatic hydroxyl groups is 1. The summed E-state index contributed by atoms with van der Waals surface area (Å²) in [5, 5.41) is 10.7. The summed E-state index contributed by atoms with van der Waals surface area (Å²) in [5.41, 5.74) is 8.83. The van der Waals surface area contributed by atoms with Gasteiger partial charge >= 0.3 is 0 Å². The third-order valence-corrected chi connectivity index (χ3v) is 8.34. The number of hydrogen-bond acceptors (Lipinski definition) is 7. The lowest BCUT2D eigenvalue weighted by molar-refractivity contribution is 0.0530. The van der Waals surface area contributed by atoms with Crippen LogP contribution in [0.1, 0.15) is 42.0 Å². The largest absolute Gasteiger partial charge is 0.508 e. The van der Waals surface area contributed by atoms with E-state index in [1.54, 1.807) is 6.07 Å². The van der Waals surface area contributed by atoms with E-state index in [2.05, 4.69) is 33.9 Å². The lowest BCUT2D eigenvalue weighted by Gasteiger charge is -2.40. The summed E-state index contributed by atoms with van der Waals surface area (Å²) in [4.78, 5) is 2.64. The summed E-state index contributed by atoms with van der Waals surface area (Å²) >= 11 is 0. The summed E-state index contributed by atoms with van der Waals surface area (Å²) in [6.45, 7) is 3.10. The smallest absolute Gasteiger partial charge is 0.240 e. The molecule has 2 aromatic carbocycles. The van der Waals surface area contributed by atoms with Gasteiger partial charge in [0, 0.05) is 30.7 Å². The third-order valence-electron chi connectivity index (χ3n) is 6.88. The molecule has 192 valence electrons. The van der Waals surface area contributed by atoms with Gasteiger partial charge in [0.1, 0.15) is 5.75 Å². The van der Waals surface area contributed by atoms with Crippen LogP contribution in [0, 0.1) is 0 Å². The highest BCUT2D eigenvalue weighted by molar-refractivity contribution is 7.89. The van der Waals surface area contributed by atoms with Gasteiger partial charge in [-0.25, -0.2) is 13.1 Å². The fraction of sp³-hybridized carbons (Fsp3) is 0.538. The van der Waals surface area contributed by atoms with Gasteiger partial charge in [-0.05, 0) is 61.6 Å². The minimum Gasteiger partial charge on any atom is -0.508 e. The van der Waals surface area contributed by atoms with E-state index in [0.29, 0.717) is 38.0 Å². The zero-order valence-corrected chi connectivity index (χ0v) is 21.0. The second-order valence-corrected chi connectivity index (χ2v) is 11.0. The Kier molecular flexibility index (Phi) is 9.16. The molecule has 0 bridgehead atoms. The van der Waals surface area contributed by atoms with Crippen LogP contribution in [-0.2, 0) is 32.3 Å². The molecule has 0 spiro atoms. The highest BCUT2D eigenvalue weighted by atomic mass is 32.2. The van der Waals surface area contributed by atoms with Crippen LogP contribution in [0.5, 0.6) is 5.75 Å². The molecule has 35 heavy (non-hydrogen) atoms. The molecule has 1 aliphatic heterocycles. The molecule has 0 saturated carbocycles. The fourth-order valence-corrected chi connectivity index (χ4v) is 6.25.